The van der Waals surface area contributed by atoms with E-state index in [4.69, 9.17) is 4.74 Å². The Bertz CT molecular complexity index is 962. The van der Waals surface area contributed by atoms with Gasteiger partial charge in [0.2, 0.25) is 5.91 Å². The molecule has 2 N–H and O–H groups in total. The molecule has 0 spiro atoms. The number of hydrogen-bond acceptors (Lipinski definition) is 3. The normalized spacial score (nSPS) is 14.6. The second-order valence-corrected chi connectivity index (χ2v) is 7.79. The summed E-state index contributed by atoms with van der Waals surface area (Å²) in [6.45, 7) is 6.89. The minimum Gasteiger partial charge on any atom is -0.494 e. The molecular weight excluding hydrogens is 397 g/mol. The molecule has 0 unspecified atom stereocenters. The number of piperazine rings is 1. The molecule has 7 heteroatoms. The number of hydrogen-bond donors (Lipinski definition) is 2. The summed E-state index contributed by atoms with van der Waals surface area (Å²) in [6, 6.07) is 10.5. The zero-order chi connectivity index (χ0) is 22.4. The number of halogens is 1. The molecule has 0 atom stereocenters. The van der Waals surface area contributed by atoms with Crippen LogP contribution in [0.1, 0.15) is 16.7 Å². The highest BCUT2D eigenvalue weighted by atomic mass is 19.1. The van der Waals surface area contributed by atoms with Gasteiger partial charge in [-0.3, -0.25) is 9.59 Å². The molecular formula is C24H29FN3O3+. The fourth-order valence-electron chi connectivity index (χ4n) is 3.70. The molecule has 1 saturated heterocycles. The van der Waals surface area contributed by atoms with Crippen molar-refractivity contribution in [3.63, 3.8) is 0 Å². The number of quaternary nitrogens is 1. The Morgan fingerprint density at radius 1 is 1.16 bits per heavy atom. The van der Waals surface area contributed by atoms with Crippen LogP contribution in [0.5, 0.6) is 5.75 Å². The van der Waals surface area contributed by atoms with E-state index in [1.165, 1.54) is 25.3 Å². The van der Waals surface area contributed by atoms with Crippen molar-refractivity contribution in [2.24, 2.45) is 0 Å². The number of amides is 2. The van der Waals surface area contributed by atoms with Crippen molar-refractivity contribution >= 4 is 23.6 Å². The number of aryl methyl sites for hydroxylation is 2. The molecule has 2 amide bonds. The molecule has 1 aliphatic heterocycles. The standard InChI is InChI=1S/C24H28FN3O3/c1-17-5-4-6-18(2)24(17)26-22(29)16-27-11-13-28(14-12-27)23(30)10-8-19-7-9-21(31-3)20(25)15-19/h4-10,15H,11-14,16H2,1-3H3,(H,26,29)/p+1/b10-8+. The summed E-state index contributed by atoms with van der Waals surface area (Å²) in [4.78, 5) is 27.8. The zero-order valence-electron chi connectivity index (χ0n) is 18.2. The first-order chi connectivity index (χ1) is 14.9. The topological polar surface area (TPSA) is 63.1 Å². The van der Waals surface area contributed by atoms with Gasteiger partial charge >= 0.3 is 0 Å². The van der Waals surface area contributed by atoms with Crippen LogP contribution in [0.15, 0.2) is 42.5 Å². The monoisotopic (exact) mass is 426 g/mol. The first-order valence-electron chi connectivity index (χ1n) is 10.4. The molecule has 1 fully saturated rings. The number of methoxy groups -OCH3 is 1. The van der Waals surface area contributed by atoms with Crippen molar-refractivity contribution in [1.29, 1.82) is 0 Å². The molecule has 0 aliphatic carbocycles. The van der Waals surface area contributed by atoms with Crippen molar-refractivity contribution in [3.8, 4) is 5.75 Å². The molecule has 3 rings (SSSR count). The van der Waals surface area contributed by atoms with E-state index in [0.717, 1.165) is 21.7 Å². The highest BCUT2D eigenvalue weighted by Crippen LogP contribution is 2.19. The Hall–Kier alpha value is -3.19. The lowest BCUT2D eigenvalue weighted by atomic mass is 10.1. The van der Waals surface area contributed by atoms with E-state index < -0.39 is 5.82 Å². The molecule has 0 aromatic heterocycles. The second kappa shape index (κ2) is 10.2. The molecule has 0 radical (unpaired) electrons. The number of anilines is 1. The summed E-state index contributed by atoms with van der Waals surface area (Å²) in [7, 11) is 1.41. The average molecular weight is 427 g/mol. The van der Waals surface area contributed by atoms with E-state index >= 15 is 0 Å². The number of benzene rings is 2. The number of rotatable bonds is 6. The SMILES string of the molecule is COc1ccc(/C=C/C(=O)N2CC[NH+](CC(=O)Nc3c(C)cccc3C)CC2)cc1F. The quantitative estimate of drug-likeness (QED) is 0.693. The lowest BCUT2D eigenvalue weighted by Gasteiger charge is -2.31. The minimum atomic E-state index is -0.464. The Morgan fingerprint density at radius 2 is 1.84 bits per heavy atom. The Labute approximate surface area is 182 Å². The summed E-state index contributed by atoms with van der Waals surface area (Å²) in [5, 5.41) is 3.02. The van der Waals surface area contributed by atoms with Crippen LogP contribution in [0, 0.1) is 19.7 Å². The van der Waals surface area contributed by atoms with Crippen LogP contribution in [-0.4, -0.2) is 56.5 Å². The van der Waals surface area contributed by atoms with Gasteiger partial charge in [-0.15, -0.1) is 0 Å². The summed E-state index contributed by atoms with van der Waals surface area (Å²) in [5.74, 6) is -0.429. The van der Waals surface area contributed by atoms with Crippen LogP contribution >= 0.6 is 0 Å². The van der Waals surface area contributed by atoms with Gasteiger partial charge in [0.1, 0.15) is 0 Å². The number of ether oxygens (including phenoxy) is 1. The van der Waals surface area contributed by atoms with Gasteiger partial charge in [0.05, 0.1) is 33.3 Å². The van der Waals surface area contributed by atoms with Crippen LogP contribution in [0.3, 0.4) is 0 Å². The predicted molar refractivity (Wildman–Crippen MR) is 119 cm³/mol. The van der Waals surface area contributed by atoms with Crippen molar-refractivity contribution in [2.45, 2.75) is 13.8 Å². The number of nitrogens with zero attached hydrogens (tertiary/aromatic N) is 1. The van der Waals surface area contributed by atoms with E-state index in [2.05, 4.69) is 5.32 Å². The third-order valence-electron chi connectivity index (χ3n) is 5.53. The van der Waals surface area contributed by atoms with Crippen LogP contribution < -0.4 is 15.0 Å². The largest absolute Gasteiger partial charge is 0.494 e. The van der Waals surface area contributed by atoms with Gasteiger partial charge in [-0.1, -0.05) is 24.3 Å². The fraction of sp³-hybridized carbons (Fsp3) is 0.333. The van der Waals surface area contributed by atoms with Gasteiger partial charge < -0.3 is 19.9 Å². The van der Waals surface area contributed by atoms with Crippen LogP contribution in [0.2, 0.25) is 0 Å². The summed E-state index contributed by atoms with van der Waals surface area (Å²) in [6.07, 6.45) is 3.06. The van der Waals surface area contributed by atoms with Crippen LogP contribution in [-0.2, 0) is 9.59 Å². The zero-order valence-corrected chi connectivity index (χ0v) is 18.2. The van der Waals surface area contributed by atoms with Gasteiger partial charge in [-0.25, -0.2) is 4.39 Å². The van der Waals surface area contributed by atoms with Gasteiger partial charge in [0.15, 0.2) is 18.1 Å². The molecule has 6 nitrogen and oxygen atoms in total. The highest BCUT2D eigenvalue weighted by Gasteiger charge is 2.24. The first kappa shape index (κ1) is 22.5. The average Bonchev–Trinajstić information content (AvgIpc) is 2.75. The molecule has 0 saturated carbocycles. The smallest absolute Gasteiger partial charge is 0.279 e. The molecule has 0 bridgehead atoms. The maximum absolute atomic E-state index is 13.8. The molecule has 31 heavy (non-hydrogen) atoms. The van der Waals surface area contributed by atoms with E-state index in [9.17, 15) is 14.0 Å². The Balaban J connectivity index is 1.48. The lowest BCUT2D eigenvalue weighted by Crippen LogP contribution is -3.15. The number of nitrogens with one attached hydrogen (secondary N) is 2. The first-order valence-corrected chi connectivity index (χ1v) is 10.4. The highest BCUT2D eigenvalue weighted by molar-refractivity contribution is 5.93. The Morgan fingerprint density at radius 3 is 2.45 bits per heavy atom. The van der Waals surface area contributed by atoms with Gasteiger partial charge in [-0.2, -0.15) is 0 Å². The van der Waals surface area contributed by atoms with E-state index in [-0.39, 0.29) is 17.6 Å². The van der Waals surface area contributed by atoms with Gasteiger partial charge in [0, 0.05) is 11.8 Å². The summed E-state index contributed by atoms with van der Waals surface area (Å²) < 4.78 is 18.7. The second-order valence-electron chi connectivity index (χ2n) is 7.79. The number of carbonyl (C=O) groups excluding carboxylic acids is 2. The van der Waals surface area contributed by atoms with E-state index in [0.29, 0.717) is 38.3 Å². The van der Waals surface area contributed by atoms with Crippen molar-refractivity contribution in [2.75, 3.05) is 45.2 Å². The van der Waals surface area contributed by atoms with Gasteiger partial charge in [-0.05, 0) is 48.7 Å². The van der Waals surface area contributed by atoms with Crippen LogP contribution in [0.25, 0.3) is 6.08 Å². The molecule has 164 valence electrons. The van der Waals surface area contributed by atoms with Crippen molar-refractivity contribution in [1.82, 2.24) is 4.90 Å². The summed E-state index contributed by atoms with van der Waals surface area (Å²) >= 11 is 0. The van der Waals surface area contributed by atoms with E-state index in [1.807, 2.05) is 32.0 Å². The maximum Gasteiger partial charge on any atom is 0.279 e. The molecule has 1 aliphatic rings. The third kappa shape index (κ3) is 5.92. The van der Waals surface area contributed by atoms with Crippen LogP contribution in [0.4, 0.5) is 10.1 Å². The fourth-order valence-corrected chi connectivity index (χ4v) is 3.70. The van der Waals surface area contributed by atoms with Crippen molar-refractivity contribution < 1.29 is 23.6 Å². The van der Waals surface area contributed by atoms with Gasteiger partial charge in [0.25, 0.3) is 5.91 Å². The number of carbonyl (C=O) groups is 2. The van der Waals surface area contributed by atoms with E-state index in [1.54, 1.807) is 17.0 Å². The van der Waals surface area contributed by atoms with Crippen molar-refractivity contribution in [3.05, 3.63) is 65.0 Å². The number of para-hydroxylation sites is 1. The lowest BCUT2D eigenvalue weighted by molar-refractivity contribution is -0.895. The summed E-state index contributed by atoms with van der Waals surface area (Å²) in [5.41, 5.74) is 3.56. The molecule has 2 aromatic rings. The molecule has 2 aromatic carbocycles. The minimum absolute atomic E-state index is 0.0198. The predicted octanol–water partition coefficient (Wildman–Crippen LogP) is 1.83. The Kier molecular flexibility index (Phi) is 7.41. The third-order valence-corrected chi connectivity index (χ3v) is 5.53. The maximum atomic E-state index is 13.8. The molecule has 1 heterocycles.